The summed E-state index contributed by atoms with van der Waals surface area (Å²) >= 11 is 0. The lowest BCUT2D eigenvalue weighted by Crippen LogP contribution is -2.40. The van der Waals surface area contributed by atoms with E-state index in [0.717, 1.165) is 43.9 Å². The Morgan fingerprint density at radius 2 is 2.16 bits per heavy atom. The molecular formula is C19H23N5O. The number of nitrogens with one attached hydrogen (secondary N) is 1. The molecule has 1 unspecified atom stereocenters. The summed E-state index contributed by atoms with van der Waals surface area (Å²) in [5.41, 5.74) is 1.55. The Morgan fingerprint density at radius 3 is 2.84 bits per heavy atom. The van der Waals surface area contributed by atoms with Gasteiger partial charge in [0.2, 0.25) is 5.91 Å². The van der Waals surface area contributed by atoms with Crippen molar-refractivity contribution in [2.24, 2.45) is 5.92 Å². The van der Waals surface area contributed by atoms with Crippen molar-refractivity contribution in [3.05, 3.63) is 54.6 Å². The molecule has 1 atom stereocenters. The van der Waals surface area contributed by atoms with E-state index in [1.165, 1.54) is 0 Å². The highest BCUT2D eigenvalue weighted by molar-refractivity contribution is 5.92. The minimum Gasteiger partial charge on any atom is -0.339 e. The van der Waals surface area contributed by atoms with Crippen LogP contribution in [0.4, 0.5) is 11.6 Å². The van der Waals surface area contributed by atoms with Crippen LogP contribution in [0.3, 0.4) is 0 Å². The molecule has 1 saturated heterocycles. The Labute approximate surface area is 148 Å². The van der Waals surface area contributed by atoms with Crippen LogP contribution in [-0.4, -0.2) is 38.8 Å². The highest BCUT2D eigenvalue weighted by atomic mass is 16.2. The standard InChI is InChI=1S/C19H23N5O/c1-14(2)19(25)24-9-5-6-15(13-24)10-16-11-22-18(12-21-16)23-17-7-3-4-8-20-17/h3-4,7-8,11-12,15H,1,5-6,9-10,13H2,2H3,(H,20,22,23). The Balaban J connectivity index is 1.57. The molecule has 2 aromatic heterocycles. The highest BCUT2D eigenvalue weighted by Crippen LogP contribution is 2.21. The lowest BCUT2D eigenvalue weighted by atomic mass is 9.93. The third kappa shape index (κ3) is 4.62. The lowest BCUT2D eigenvalue weighted by Gasteiger charge is -2.32. The van der Waals surface area contributed by atoms with Gasteiger partial charge in [-0.3, -0.25) is 9.78 Å². The number of likely N-dealkylation sites (tertiary alicyclic amines) is 1. The second kappa shape index (κ2) is 7.88. The van der Waals surface area contributed by atoms with E-state index in [-0.39, 0.29) is 5.91 Å². The van der Waals surface area contributed by atoms with E-state index in [9.17, 15) is 4.79 Å². The molecule has 6 nitrogen and oxygen atoms in total. The van der Waals surface area contributed by atoms with Gasteiger partial charge in [0, 0.05) is 24.9 Å². The first-order valence-corrected chi connectivity index (χ1v) is 8.55. The molecule has 0 radical (unpaired) electrons. The Bertz CT molecular complexity index is 729. The van der Waals surface area contributed by atoms with Gasteiger partial charge in [0.1, 0.15) is 11.6 Å². The molecule has 6 heteroatoms. The molecular weight excluding hydrogens is 314 g/mol. The van der Waals surface area contributed by atoms with Gasteiger partial charge < -0.3 is 10.2 Å². The van der Waals surface area contributed by atoms with Crippen molar-refractivity contribution >= 4 is 17.5 Å². The maximum atomic E-state index is 12.1. The van der Waals surface area contributed by atoms with E-state index in [1.54, 1.807) is 25.5 Å². The van der Waals surface area contributed by atoms with Crippen LogP contribution in [0.5, 0.6) is 0 Å². The monoisotopic (exact) mass is 337 g/mol. The van der Waals surface area contributed by atoms with Gasteiger partial charge in [0.05, 0.1) is 18.1 Å². The number of aromatic nitrogens is 3. The number of hydrogen-bond donors (Lipinski definition) is 1. The van der Waals surface area contributed by atoms with E-state index < -0.39 is 0 Å². The predicted octanol–water partition coefficient (Wildman–Crippen LogP) is 2.97. The van der Waals surface area contributed by atoms with Crippen molar-refractivity contribution in [2.45, 2.75) is 26.2 Å². The zero-order valence-electron chi connectivity index (χ0n) is 14.5. The summed E-state index contributed by atoms with van der Waals surface area (Å²) in [6.07, 6.45) is 8.21. The fourth-order valence-electron chi connectivity index (χ4n) is 3.07. The normalized spacial score (nSPS) is 17.2. The number of hydrogen-bond acceptors (Lipinski definition) is 5. The maximum Gasteiger partial charge on any atom is 0.248 e. The summed E-state index contributed by atoms with van der Waals surface area (Å²) in [6, 6.07) is 5.66. The quantitative estimate of drug-likeness (QED) is 0.849. The summed E-state index contributed by atoms with van der Waals surface area (Å²) in [5.74, 6) is 1.89. The molecule has 3 rings (SSSR count). The topological polar surface area (TPSA) is 71.0 Å². The van der Waals surface area contributed by atoms with Crippen molar-refractivity contribution in [1.82, 2.24) is 19.9 Å². The molecule has 1 N–H and O–H groups in total. The van der Waals surface area contributed by atoms with Crippen LogP contribution in [0.25, 0.3) is 0 Å². The molecule has 0 aliphatic carbocycles. The van der Waals surface area contributed by atoms with Gasteiger partial charge in [-0.05, 0) is 44.2 Å². The van der Waals surface area contributed by atoms with Gasteiger partial charge in [-0.1, -0.05) is 12.6 Å². The second-order valence-electron chi connectivity index (χ2n) is 6.48. The van der Waals surface area contributed by atoms with Gasteiger partial charge >= 0.3 is 0 Å². The van der Waals surface area contributed by atoms with Crippen molar-refractivity contribution in [3.63, 3.8) is 0 Å². The van der Waals surface area contributed by atoms with E-state index in [2.05, 4.69) is 26.8 Å². The molecule has 1 amide bonds. The molecule has 3 heterocycles. The Morgan fingerprint density at radius 1 is 1.28 bits per heavy atom. The van der Waals surface area contributed by atoms with Gasteiger partial charge in [-0.25, -0.2) is 9.97 Å². The van der Waals surface area contributed by atoms with Crippen LogP contribution in [-0.2, 0) is 11.2 Å². The van der Waals surface area contributed by atoms with Gasteiger partial charge in [-0.2, -0.15) is 0 Å². The highest BCUT2D eigenvalue weighted by Gasteiger charge is 2.24. The molecule has 0 saturated carbocycles. The second-order valence-corrected chi connectivity index (χ2v) is 6.48. The first-order chi connectivity index (χ1) is 12.1. The zero-order chi connectivity index (χ0) is 17.6. The molecule has 130 valence electrons. The SMILES string of the molecule is C=C(C)C(=O)N1CCCC(Cc2cnc(Nc3ccccn3)cn2)C1. The molecule has 25 heavy (non-hydrogen) atoms. The van der Waals surface area contributed by atoms with Gasteiger partial charge in [0.25, 0.3) is 0 Å². The van der Waals surface area contributed by atoms with Gasteiger partial charge in [0.15, 0.2) is 0 Å². The average Bonchev–Trinajstić information content (AvgIpc) is 2.64. The number of anilines is 2. The smallest absolute Gasteiger partial charge is 0.248 e. The van der Waals surface area contributed by atoms with Crippen molar-refractivity contribution in [1.29, 1.82) is 0 Å². The number of amides is 1. The third-order valence-electron chi connectivity index (χ3n) is 4.30. The van der Waals surface area contributed by atoms with Crippen LogP contribution < -0.4 is 5.32 Å². The lowest BCUT2D eigenvalue weighted by molar-refractivity contribution is -0.128. The Kier molecular flexibility index (Phi) is 5.38. The summed E-state index contributed by atoms with van der Waals surface area (Å²) in [4.78, 5) is 27.1. The minimum atomic E-state index is 0.0608. The van der Waals surface area contributed by atoms with Crippen molar-refractivity contribution < 1.29 is 4.79 Å². The fraction of sp³-hybridized carbons (Fsp3) is 0.368. The molecule has 0 aromatic carbocycles. The van der Waals surface area contributed by atoms with Crippen LogP contribution in [0, 0.1) is 5.92 Å². The summed E-state index contributed by atoms with van der Waals surface area (Å²) in [7, 11) is 0. The van der Waals surface area contributed by atoms with E-state index in [0.29, 0.717) is 17.3 Å². The predicted molar refractivity (Wildman–Crippen MR) is 97.4 cm³/mol. The van der Waals surface area contributed by atoms with E-state index >= 15 is 0 Å². The molecule has 0 spiro atoms. The van der Waals surface area contributed by atoms with Gasteiger partial charge in [-0.15, -0.1) is 0 Å². The molecule has 1 fully saturated rings. The first-order valence-electron chi connectivity index (χ1n) is 8.55. The van der Waals surface area contributed by atoms with E-state index in [1.807, 2.05) is 23.1 Å². The van der Waals surface area contributed by atoms with Crippen LogP contribution >= 0.6 is 0 Å². The number of nitrogens with zero attached hydrogens (tertiary/aromatic N) is 4. The summed E-state index contributed by atoms with van der Waals surface area (Å²) in [6.45, 7) is 7.11. The van der Waals surface area contributed by atoms with Crippen LogP contribution in [0.2, 0.25) is 0 Å². The number of carbonyl (C=O) groups excluding carboxylic acids is 1. The third-order valence-corrected chi connectivity index (χ3v) is 4.30. The van der Waals surface area contributed by atoms with E-state index in [4.69, 9.17) is 0 Å². The fourth-order valence-corrected chi connectivity index (χ4v) is 3.07. The largest absolute Gasteiger partial charge is 0.339 e. The summed E-state index contributed by atoms with van der Waals surface area (Å²) < 4.78 is 0. The molecule has 2 aromatic rings. The molecule has 0 bridgehead atoms. The summed E-state index contributed by atoms with van der Waals surface area (Å²) in [5, 5.41) is 3.12. The maximum absolute atomic E-state index is 12.1. The van der Waals surface area contributed by atoms with Crippen molar-refractivity contribution in [2.75, 3.05) is 18.4 Å². The number of pyridine rings is 1. The van der Waals surface area contributed by atoms with Crippen LogP contribution in [0.1, 0.15) is 25.5 Å². The number of piperidine rings is 1. The van der Waals surface area contributed by atoms with Crippen molar-refractivity contribution in [3.8, 4) is 0 Å². The minimum absolute atomic E-state index is 0.0608. The number of carbonyl (C=O) groups is 1. The zero-order valence-corrected chi connectivity index (χ0v) is 14.5. The molecule has 1 aliphatic rings. The van der Waals surface area contributed by atoms with Crippen LogP contribution in [0.15, 0.2) is 48.9 Å². The average molecular weight is 337 g/mol. The first kappa shape index (κ1) is 17.1. The molecule has 1 aliphatic heterocycles. The number of rotatable bonds is 5. The Hall–Kier alpha value is -2.76.